The third kappa shape index (κ3) is 4.31. The molecule has 0 radical (unpaired) electrons. The molecule has 1 aromatic carbocycles. The monoisotopic (exact) mass is 288 g/mol. The van der Waals surface area contributed by atoms with E-state index in [9.17, 15) is 4.79 Å². The number of carbonyl (C=O) groups excluding carboxylic acids is 1. The molecule has 21 heavy (non-hydrogen) atoms. The van der Waals surface area contributed by atoms with Crippen LogP contribution in [0.1, 0.15) is 39.2 Å². The Labute approximate surface area is 128 Å². The first-order valence-electron chi connectivity index (χ1n) is 8.18. The predicted molar refractivity (Wildman–Crippen MR) is 87.0 cm³/mol. The molecule has 0 saturated carbocycles. The lowest BCUT2D eigenvalue weighted by atomic mass is 10.0. The van der Waals surface area contributed by atoms with Crippen LogP contribution in [0.2, 0.25) is 0 Å². The van der Waals surface area contributed by atoms with E-state index in [2.05, 4.69) is 60.9 Å². The molecule has 1 heterocycles. The lowest BCUT2D eigenvalue weighted by Crippen LogP contribution is -2.54. The Hall–Kier alpha value is -1.35. The number of nitrogens with zero attached hydrogens (tertiary/aromatic N) is 2. The highest BCUT2D eigenvalue weighted by Gasteiger charge is 2.29. The van der Waals surface area contributed by atoms with E-state index in [1.165, 1.54) is 5.56 Å². The molecule has 0 aliphatic carbocycles. The Balaban J connectivity index is 1.88. The molecule has 1 aliphatic rings. The van der Waals surface area contributed by atoms with Gasteiger partial charge in [0.15, 0.2) is 0 Å². The fourth-order valence-electron chi connectivity index (χ4n) is 3.19. The molecule has 3 heteroatoms. The smallest absolute Gasteiger partial charge is 0.225 e. The van der Waals surface area contributed by atoms with Crippen LogP contribution in [-0.4, -0.2) is 41.4 Å². The van der Waals surface area contributed by atoms with Crippen molar-refractivity contribution < 1.29 is 4.79 Å². The third-order valence-corrected chi connectivity index (χ3v) is 4.39. The minimum atomic E-state index is 0.165. The van der Waals surface area contributed by atoms with Crippen molar-refractivity contribution in [2.24, 2.45) is 5.92 Å². The first kappa shape index (κ1) is 16.0. The van der Waals surface area contributed by atoms with Gasteiger partial charge in [-0.3, -0.25) is 9.69 Å². The van der Waals surface area contributed by atoms with Crippen molar-refractivity contribution in [3.63, 3.8) is 0 Å². The van der Waals surface area contributed by atoms with Gasteiger partial charge in [0.05, 0.1) is 0 Å². The van der Waals surface area contributed by atoms with Gasteiger partial charge in [0.1, 0.15) is 0 Å². The summed E-state index contributed by atoms with van der Waals surface area (Å²) >= 11 is 0. The molecule has 1 saturated heterocycles. The molecular formula is C18H28N2O. The zero-order valence-electron chi connectivity index (χ0n) is 13.6. The van der Waals surface area contributed by atoms with Gasteiger partial charge >= 0.3 is 0 Å². The maximum Gasteiger partial charge on any atom is 0.225 e. The van der Waals surface area contributed by atoms with Crippen molar-refractivity contribution in [3.05, 3.63) is 35.9 Å². The predicted octanol–water partition coefficient (Wildman–Crippen LogP) is 3.16. The summed E-state index contributed by atoms with van der Waals surface area (Å²) < 4.78 is 0. The summed E-state index contributed by atoms with van der Waals surface area (Å²) in [4.78, 5) is 17.0. The molecule has 1 fully saturated rings. The summed E-state index contributed by atoms with van der Waals surface area (Å²) in [5.41, 5.74) is 1.35. The third-order valence-electron chi connectivity index (χ3n) is 4.39. The van der Waals surface area contributed by atoms with Gasteiger partial charge in [-0.25, -0.2) is 0 Å². The van der Waals surface area contributed by atoms with Gasteiger partial charge < -0.3 is 4.90 Å². The van der Waals surface area contributed by atoms with Crippen LogP contribution in [0.5, 0.6) is 0 Å². The van der Waals surface area contributed by atoms with Gasteiger partial charge in [0.2, 0.25) is 5.91 Å². The number of amides is 1. The maximum absolute atomic E-state index is 12.5. The van der Waals surface area contributed by atoms with E-state index >= 15 is 0 Å². The van der Waals surface area contributed by atoms with Crippen molar-refractivity contribution in [2.45, 2.75) is 46.2 Å². The van der Waals surface area contributed by atoms with Gasteiger partial charge in [0, 0.05) is 38.1 Å². The maximum atomic E-state index is 12.5. The van der Waals surface area contributed by atoms with E-state index in [4.69, 9.17) is 0 Å². The van der Waals surface area contributed by atoms with Crippen molar-refractivity contribution in [2.75, 3.05) is 19.6 Å². The first-order chi connectivity index (χ1) is 10.1. The topological polar surface area (TPSA) is 23.6 Å². The molecule has 0 N–H and O–H groups in total. The molecule has 1 aromatic rings. The number of benzene rings is 1. The molecule has 0 aromatic heterocycles. The second-order valence-corrected chi connectivity index (χ2v) is 6.29. The Kier molecular flexibility index (Phi) is 5.80. The number of carbonyl (C=O) groups is 1. The summed E-state index contributed by atoms with van der Waals surface area (Å²) in [6.45, 7) is 10.2. The number of rotatable bonds is 5. The fraction of sp³-hybridized carbons (Fsp3) is 0.611. The van der Waals surface area contributed by atoms with Crippen molar-refractivity contribution >= 4 is 5.91 Å². The molecular weight excluding hydrogens is 260 g/mol. The van der Waals surface area contributed by atoms with E-state index in [1.54, 1.807) is 0 Å². The average molecular weight is 288 g/mol. The Morgan fingerprint density at radius 1 is 1.29 bits per heavy atom. The van der Waals surface area contributed by atoms with E-state index in [0.717, 1.165) is 39.0 Å². The van der Waals surface area contributed by atoms with Gasteiger partial charge in [-0.15, -0.1) is 0 Å². The van der Waals surface area contributed by atoms with E-state index in [0.29, 0.717) is 11.9 Å². The van der Waals surface area contributed by atoms with Crippen LogP contribution in [0, 0.1) is 5.92 Å². The summed E-state index contributed by atoms with van der Waals surface area (Å²) in [6.07, 6.45) is 2.07. The molecule has 2 atom stereocenters. The Bertz CT molecular complexity index is 446. The van der Waals surface area contributed by atoms with Crippen LogP contribution in [0.25, 0.3) is 0 Å². The van der Waals surface area contributed by atoms with Gasteiger partial charge in [-0.2, -0.15) is 0 Å². The standard InChI is InChI=1S/C18H28N2O/c1-4-8-15(2)18(21)20-12-11-19(13-16(20)3)14-17-9-6-5-7-10-17/h5-7,9-10,15-16H,4,8,11-14H2,1-3H3. The van der Waals surface area contributed by atoms with Crippen LogP contribution in [0.3, 0.4) is 0 Å². The molecule has 1 aliphatic heterocycles. The van der Waals surface area contributed by atoms with Crippen LogP contribution in [0.15, 0.2) is 30.3 Å². The normalized spacial score (nSPS) is 21.3. The molecule has 116 valence electrons. The number of hydrogen-bond donors (Lipinski definition) is 0. The Morgan fingerprint density at radius 2 is 2.00 bits per heavy atom. The number of piperazine rings is 1. The molecule has 0 spiro atoms. The number of hydrogen-bond acceptors (Lipinski definition) is 2. The van der Waals surface area contributed by atoms with Crippen LogP contribution in [-0.2, 0) is 11.3 Å². The lowest BCUT2D eigenvalue weighted by molar-refractivity contribution is -0.139. The van der Waals surface area contributed by atoms with Gasteiger partial charge in [-0.05, 0) is 18.9 Å². The summed E-state index contributed by atoms with van der Waals surface area (Å²) in [7, 11) is 0. The minimum absolute atomic E-state index is 0.165. The molecule has 2 unspecified atom stereocenters. The molecule has 2 rings (SSSR count). The van der Waals surface area contributed by atoms with Crippen LogP contribution < -0.4 is 0 Å². The fourth-order valence-corrected chi connectivity index (χ4v) is 3.19. The summed E-state index contributed by atoms with van der Waals surface area (Å²) in [5, 5.41) is 0. The van der Waals surface area contributed by atoms with Crippen LogP contribution >= 0.6 is 0 Å². The van der Waals surface area contributed by atoms with E-state index < -0.39 is 0 Å². The lowest BCUT2D eigenvalue weighted by Gasteiger charge is -2.41. The minimum Gasteiger partial charge on any atom is -0.337 e. The van der Waals surface area contributed by atoms with E-state index in [-0.39, 0.29) is 5.92 Å². The van der Waals surface area contributed by atoms with E-state index in [1.807, 2.05) is 0 Å². The molecule has 0 bridgehead atoms. The summed E-state index contributed by atoms with van der Waals surface area (Å²) in [5.74, 6) is 0.502. The average Bonchev–Trinajstić information content (AvgIpc) is 2.48. The molecule has 3 nitrogen and oxygen atoms in total. The van der Waals surface area contributed by atoms with Gasteiger partial charge in [0.25, 0.3) is 0 Å². The highest BCUT2D eigenvalue weighted by atomic mass is 16.2. The zero-order valence-corrected chi connectivity index (χ0v) is 13.6. The second-order valence-electron chi connectivity index (χ2n) is 6.29. The summed E-state index contributed by atoms with van der Waals surface area (Å²) in [6, 6.07) is 10.9. The Morgan fingerprint density at radius 3 is 2.62 bits per heavy atom. The highest BCUT2D eigenvalue weighted by molar-refractivity contribution is 5.78. The van der Waals surface area contributed by atoms with Crippen molar-refractivity contribution in [1.29, 1.82) is 0 Å². The second kappa shape index (κ2) is 7.60. The highest BCUT2D eigenvalue weighted by Crippen LogP contribution is 2.17. The van der Waals surface area contributed by atoms with Crippen molar-refractivity contribution in [3.8, 4) is 0 Å². The SMILES string of the molecule is CCCC(C)C(=O)N1CCN(Cc2ccccc2)CC1C. The van der Waals surface area contributed by atoms with Crippen LogP contribution in [0.4, 0.5) is 0 Å². The largest absolute Gasteiger partial charge is 0.337 e. The molecule has 1 amide bonds. The first-order valence-corrected chi connectivity index (χ1v) is 8.18. The van der Waals surface area contributed by atoms with Crippen molar-refractivity contribution in [1.82, 2.24) is 9.80 Å². The zero-order chi connectivity index (χ0) is 15.2. The van der Waals surface area contributed by atoms with Gasteiger partial charge in [-0.1, -0.05) is 50.6 Å². The quantitative estimate of drug-likeness (QED) is 0.831.